The van der Waals surface area contributed by atoms with E-state index in [0.717, 1.165) is 6.20 Å². The molecule has 13 heavy (non-hydrogen) atoms. The van der Waals surface area contributed by atoms with E-state index in [0.29, 0.717) is 5.56 Å². The molecule has 0 aliphatic carbocycles. The third kappa shape index (κ3) is 0.957. The number of quaternary nitrogens is 1. The molecule has 0 spiro atoms. The molecular formula is C9H7FNO2+. The van der Waals surface area contributed by atoms with Gasteiger partial charge in [-0.05, 0) is 6.07 Å². The Bertz CT molecular complexity index is 402. The van der Waals surface area contributed by atoms with Crippen LogP contribution in [0.25, 0.3) is 6.08 Å². The lowest BCUT2D eigenvalue weighted by Crippen LogP contribution is -2.38. The first kappa shape index (κ1) is 7.94. The van der Waals surface area contributed by atoms with Gasteiger partial charge < -0.3 is 5.11 Å². The molecule has 0 saturated heterocycles. The fourth-order valence-corrected chi connectivity index (χ4v) is 1.35. The number of hydrogen-bond donors (Lipinski definition) is 1. The van der Waals surface area contributed by atoms with Gasteiger partial charge in [-0.1, -0.05) is 12.1 Å². The van der Waals surface area contributed by atoms with Gasteiger partial charge >= 0.3 is 6.09 Å². The van der Waals surface area contributed by atoms with Crippen molar-refractivity contribution in [2.75, 3.05) is 0 Å². The molecule has 0 aromatic heterocycles. The molecule has 1 aliphatic rings. The van der Waals surface area contributed by atoms with Crippen molar-refractivity contribution in [3.05, 3.63) is 36.0 Å². The highest BCUT2D eigenvalue weighted by molar-refractivity contribution is 5.88. The molecule has 0 radical (unpaired) electrons. The van der Waals surface area contributed by atoms with E-state index in [1.54, 1.807) is 18.2 Å². The van der Waals surface area contributed by atoms with Crippen molar-refractivity contribution in [2.45, 2.75) is 0 Å². The summed E-state index contributed by atoms with van der Waals surface area (Å²) >= 11 is 0. The third-order valence-electron chi connectivity index (χ3n) is 2.03. The summed E-state index contributed by atoms with van der Waals surface area (Å²) in [5.41, 5.74) is 0.752. The van der Waals surface area contributed by atoms with Crippen LogP contribution in [-0.4, -0.2) is 11.2 Å². The number of carbonyl (C=O) groups is 1. The minimum Gasteiger partial charge on any atom is -0.432 e. The number of para-hydroxylation sites is 1. The normalized spacial score (nSPS) is 24.4. The van der Waals surface area contributed by atoms with Gasteiger partial charge in [-0.25, -0.2) is 0 Å². The topological polar surface area (TPSA) is 37.3 Å². The second kappa shape index (κ2) is 2.40. The molecule has 1 N–H and O–H groups in total. The first-order valence-corrected chi connectivity index (χ1v) is 3.75. The number of nitrogens with zero attached hydrogens (tertiary/aromatic N) is 1. The van der Waals surface area contributed by atoms with Gasteiger partial charge in [0, 0.05) is 26.9 Å². The molecule has 1 heterocycles. The Morgan fingerprint density at radius 3 is 2.77 bits per heavy atom. The van der Waals surface area contributed by atoms with E-state index < -0.39 is 10.8 Å². The monoisotopic (exact) mass is 180 g/mol. The number of halogens is 1. The average molecular weight is 180 g/mol. The molecule has 4 heteroatoms. The van der Waals surface area contributed by atoms with E-state index in [1.807, 2.05) is 0 Å². The number of hydrogen-bond acceptors (Lipinski definition) is 1. The maximum Gasteiger partial charge on any atom is 0.563 e. The summed E-state index contributed by atoms with van der Waals surface area (Å²) in [6.07, 6.45) is 0.942. The molecule has 0 bridgehead atoms. The van der Waals surface area contributed by atoms with Crippen LogP contribution in [0.4, 0.5) is 15.0 Å². The van der Waals surface area contributed by atoms with Crippen molar-refractivity contribution in [1.29, 1.82) is 0 Å². The molecule has 0 fully saturated rings. The van der Waals surface area contributed by atoms with E-state index >= 15 is 0 Å². The van der Waals surface area contributed by atoms with Crippen LogP contribution in [0.3, 0.4) is 0 Å². The number of fused-ring (bicyclic) bond motifs is 1. The highest BCUT2D eigenvalue weighted by Gasteiger charge is 2.45. The standard InChI is InChI=1S/C9H6FNO2/c10-11(9(12)13)6-5-7-3-1-2-4-8(7)11/h1-6H/p+1/t11-/m0/s1. The van der Waals surface area contributed by atoms with E-state index in [1.165, 1.54) is 12.1 Å². The van der Waals surface area contributed by atoms with Crippen molar-refractivity contribution in [1.82, 2.24) is 4.71 Å². The summed E-state index contributed by atoms with van der Waals surface area (Å²) in [4.78, 5) is 10.6. The summed E-state index contributed by atoms with van der Waals surface area (Å²) in [7, 11) is 0. The van der Waals surface area contributed by atoms with Gasteiger partial charge in [-0.3, -0.25) is 0 Å². The highest BCUT2D eigenvalue weighted by atomic mass is 19.2. The number of benzene rings is 1. The van der Waals surface area contributed by atoms with Crippen LogP contribution in [0, 0.1) is 0 Å². The van der Waals surface area contributed by atoms with Crippen LogP contribution < -0.4 is 4.71 Å². The lowest BCUT2D eigenvalue weighted by molar-refractivity contribution is 0.0795. The minimum absolute atomic E-state index is 0.148. The molecule has 1 aromatic carbocycles. The van der Waals surface area contributed by atoms with Gasteiger partial charge in [0.2, 0.25) is 0 Å². The van der Waals surface area contributed by atoms with Crippen molar-refractivity contribution < 1.29 is 14.4 Å². The lowest BCUT2D eigenvalue weighted by Gasteiger charge is -2.10. The van der Waals surface area contributed by atoms with Crippen LogP contribution in [0.2, 0.25) is 0 Å². The van der Waals surface area contributed by atoms with Crippen molar-refractivity contribution in [3.63, 3.8) is 0 Å². The Kier molecular flexibility index (Phi) is 1.47. The van der Waals surface area contributed by atoms with Gasteiger partial charge in [-0.15, -0.1) is 0 Å². The quantitative estimate of drug-likeness (QED) is 0.623. The fraction of sp³-hybridized carbons (Fsp3) is 0. The van der Waals surface area contributed by atoms with Crippen LogP contribution in [-0.2, 0) is 0 Å². The second-order valence-corrected chi connectivity index (χ2v) is 2.79. The minimum atomic E-state index is -1.66. The Morgan fingerprint density at radius 2 is 2.08 bits per heavy atom. The zero-order valence-electron chi connectivity index (χ0n) is 6.64. The van der Waals surface area contributed by atoms with Crippen molar-refractivity contribution in [3.8, 4) is 0 Å². The first-order chi connectivity index (χ1) is 6.14. The maximum absolute atomic E-state index is 13.7. The fourth-order valence-electron chi connectivity index (χ4n) is 1.35. The van der Waals surface area contributed by atoms with Crippen LogP contribution in [0.5, 0.6) is 0 Å². The van der Waals surface area contributed by atoms with Gasteiger partial charge in [0.25, 0.3) is 0 Å². The van der Waals surface area contributed by atoms with Crippen LogP contribution in [0.1, 0.15) is 5.56 Å². The van der Waals surface area contributed by atoms with Gasteiger partial charge in [0.1, 0.15) is 0 Å². The number of rotatable bonds is 0. The van der Waals surface area contributed by atoms with E-state index in [-0.39, 0.29) is 5.69 Å². The molecule has 1 atom stereocenters. The molecule has 1 amide bonds. The molecule has 0 unspecified atom stereocenters. The molecule has 3 nitrogen and oxygen atoms in total. The lowest BCUT2D eigenvalue weighted by atomic mass is 10.2. The van der Waals surface area contributed by atoms with Crippen LogP contribution >= 0.6 is 0 Å². The molecule has 1 aromatic rings. The predicted molar refractivity (Wildman–Crippen MR) is 46.4 cm³/mol. The Balaban J connectivity index is 2.61. The van der Waals surface area contributed by atoms with Gasteiger partial charge in [0.15, 0.2) is 11.9 Å². The van der Waals surface area contributed by atoms with E-state index in [2.05, 4.69) is 0 Å². The Hall–Kier alpha value is -1.68. The number of carboxylic acid groups (broad SMARTS) is 1. The zero-order valence-corrected chi connectivity index (χ0v) is 6.64. The Morgan fingerprint density at radius 1 is 1.38 bits per heavy atom. The van der Waals surface area contributed by atoms with Gasteiger partial charge in [-0.2, -0.15) is 4.79 Å². The highest BCUT2D eigenvalue weighted by Crippen LogP contribution is 2.35. The third-order valence-corrected chi connectivity index (χ3v) is 2.03. The molecular weight excluding hydrogens is 173 g/mol. The summed E-state index contributed by atoms with van der Waals surface area (Å²) in [5.74, 6) is 0. The zero-order chi connectivity index (χ0) is 9.47. The summed E-state index contributed by atoms with van der Waals surface area (Å²) in [6, 6.07) is 6.49. The Labute approximate surface area is 73.9 Å². The first-order valence-electron chi connectivity index (χ1n) is 3.75. The summed E-state index contributed by atoms with van der Waals surface area (Å²) in [5, 5.41) is 8.67. The van der Waals surface area contributed by atoms with E-state index in [9.17, 15) is 9.28 Å². The summed E-state index contributed by atoms with van der Waals surface area (Å²) in [6.45, 7) is 0. The van der Waals surface area contributed by atoms with Crippen LogP contribution in [0.15, 0.2) is 30.5 Å². The average Bonchev–Trinajstić information content (AvgIpc) is 2.47. The molecule has 1 aliphatic heterocycles. The molecule has 66 valence electrons. The number of amides is 1. The SMILES string of the molecule is O=C(O)[N@+]1(F)C=Cc2ccccc21. The maximum atomic E-state index is 13.7. The predicted octanol–water partition coefficient (Wildman–Crippen LogP) is 2.54. The van der Waals surface area contributed by atoms with Crippen molar-refractivity contribution >= 4 is 17.9 Å². The largest absolute Gasteiger partial charge is 0.563 e. The summed E-state index contributed by atoms with van der Waals surface area (Å²) < 4.78 is 12.0. The van der Waals surface area contributed by atoms with Crippen molar-refractivity contribution in [2.24, 2.45) is 0 Å². The molecule has 2 rings (SSSR count). The smallest absolute Gasteiger partial charge is 0.432 e. The van der Waals surface area contributed by atoms with E-state index in [4.69, 9.17) is 5.11 Å². The molecule has 0 saturated carbocycles. The second-order valence-electron chi connectivity index (χ2n) is 2.79. The van der Waals surface area contributed by atoms with Gasteiger partial charge in [0.05, 0.1) is 0 Å².